The summed E-state index contributed by atoms with van der Waals surface area (Å²) in [6, 6.07) is 7.66. The number of carbonyl (C=O) groups is 2. The van der Waals surface area contributed by atoms with Gasteiger partial charge in [-0.2, -0.15) is 0 Å². The highest BCUT2D eigenvalue weighted by Crippen LogP contribution is 2.27. The average molecular weight is 326 g/mol. The molecule has 0 unspecified atom stereocenters. The minimum Gasteiger partial charge on any atom is -0.355 e. The highest BCUT2D eigenvalue weighted by atomic mass is 35.5. The third kappa shape index (κ3) is 7.43. The number of carbonyl (C=O) groups excluding carboxylic acids is 2. The Bertz CT molecular complexity index is 487. The van der Waals surface area contributed by atoms with E-state index in [4.69, 9.17) is 0 Å². The smallest absolute Gasteiger partial charge is 0.233 e. The van der Waals surface area contributed by atoms with Crippen LogP contribution >= 0.6 is 12.4 Å². The molecule has 0 bridgehead atoms. The molecule has 1 saturated carbocycles. The van der Waals surface area contributed by atoms with Crippen molar-refractivity contribution in [3.63, 3.8) is 0 Å². The topological polar surface area (TPSA) is 70.2 Å². The summed E-state index contributed by atoms with van der Waals surface area (Å²) in [5, 5.41) is 8.80. The molecule has 1 aromatic rings. The van der Waals surface area contributed by atoms with Crippen LogP contribution in [-0.2, 0) is 16.0 Å². The Hall–Kier alpha value is -1.59. The van der Waals surface area contributed by atoms with E-state index in [1.807, 2.05) is 24.3 Å². The molecule has 0 atom stereocenters. The molecule has 6 heteroatoms. The highest BCUT2D eigenvalue weighted by Gasteiger charge is 2.20. The number of hydrogen-bond acceptors (Lipinski definition) is 3. The minimum absolute atomic E-state index is 0. The van der Waals surface area contributed by atoms with Gasteiger partial charge in [-0.25, -0.2) is 0 Å². The van der Waals surface area contributed by atoms with Crippen LogP contribution in [0.5, 0.6) is 0 Å². The van der Waals surface area contributed by atoms with Crippen molar-refractivity contribution in [2.75, 3.05) is 25.0 Å². The van der Waals surface area contributed by atoms with Crippen LogP contribution in [0.25, 0.3) is 0 Å². The number of amides is 2. The maximum Gasteiger partial charge on any atom is 0.233 e. The molecule has 2 amide bonds. The van der Waals surface area contributed by atoms with E-state index in [-0.39, 0.29) is 24.2 Å². The van der Waals surface area contributed by atoms with Crippen LogP contribution in [0.1, 0.15) is 25.3 Å². The highest BCUT2D eigenvalue weighted by molar-refractivity contribution is 5.88. The lowest BCUT2D eigenvalue weighted by atomic mass is 10.1. The minimum atomic E-state index is -0.0753. The quantitative estimate of drug-likeness (QED) is 0.681. The van der Waals surface area contributed by atoms with E-state index in [1.165, 1.54) is 19.8 Å². The molecule has 0 aliphatic heterocycles. The van der Waals surface area contributed by atoms with Crippen LogP contribution in [-0.4, -0.2) is 31.4 Å². The van der Waals surface area contributed by atoms with E-state index in [9.17, 15) is 9.59 Å². The number of hydrogen-bond donors (Lipinski definition) is 3. The summed E-state index contributed by atoms with van der Waals surface area (Å²) in [6.07, 6.45) is 3.38. The van der Waals surface area contributed by atoms with Crippen LogP contribution in [0, 0.1) is 5.92 Å². The predicted octanol–water partition coefficient (Wildman–Crippen LogP) is 1.73. The van der Waals surface area contributed by atoms with Gasteiger partial charge < -0.3 is 16.0 Å². The van der Waals surface area contributed by atoms with Gasteiger partial charge in [-0.3, -0.25) is 9.59 Å². The van der Waals surface area contributed by atoms with Gasteiger partial charge in [0.05, 0.1) is 6.54 Å². The molecule has 1 aliphatic rings. The first-order valence-corrected chi connectivity index (χ1v) is 7.47. The van der Waals surface area contributed by atoms with Gasteiger partial charge in [0.2, 0.25) is 11.8 Å². The van der Waals surface area contributed by atoms with Crippen LogP contribution in [0.3, 0.4) is 0 Å². The monoisotopic (exact) mass is 325 g/mol. The summed E-state index contributed by atoms with van der Waals surface area (Å²) < 4.78 is 0. The molecule has 0 heterocycles. The Morgan fingerprint density at radius 2 is 1.86 bits per heavy atom. The van der Waals surface area contributed by atoms with Crippen molar-refractivity contribution in [1.29, 1.82) is 0 Å². The average Bonchev–Trinajstić information content (AvgIpc) is 3.24. The zero-order valence-corrected chi connectivity index (χ0v) is 13.7. The molecule has 1 fully saturated rings. The molecule has 122 valence electrons. The Kier molecular flexibility index (Phi) is 7.91. The van der Waals surface area contributed by atoms with Crippen molar-refractivity contribution >= 4 is 29.9 Å². The second-order valence-corrected chi connectivity index (χ2v) is 5.55. The molecule has 0 saturated heterocycles. The lowest BCUT2D eigenvalue weighted by Gasteiger charge is -2.07. The van der Waals surface area contributed by atoms with E-state index < -0.39 is 0 Å². The largest absolute Gasteiger partial charge is 0.355 e. The molecule has 22 heavy (non-hydrogen) atoms. The second kappa shape index (κ2) is 9.43. The lowest BCUT2D eigenvalue weighted by molar-refractivity contribution is -0.120. The van der Waals surface area contributed by atoms with Gasteiger partial charge in [0, 0.05) is 19.2 Å². The van der Waals surface area contributed by atoms with Crippen LogP contribution in [0.15, 0.2) is 24.3 Å². The van der Waals surface area contributed by atoms with Gasteiger partial charge in [-0.1, -0.05) is 12.1 Å². The maximum absolute atomic E-state index is 11.6. The first-order chi connectivity index (χ1) is 10.1. The third-order valence-electron chi connectivity index (χ3n) is 3.43. The molecule has 0 spiro atoms. The van der Waals surface area contributed by atoms with Crippen molar-refractivity contribution in [3.8, 4) is 0 Å². The van der Waals surface area contributed by atoms with Gasteiger partial charge in [0.1, 0.15) is 0 Å². The third-order valence-corrected chi connectivity index (χ3v) is 3.43. The Morgan fingerprint density at radius 3 is 2.45 bits per heavy atom. The molecule has 1 aromatic carbocycles. The molecule has 1 aliphatic carbocycles. The van der Waals surface area contributed by atoms with Crippen molar-refractivity contribution < 1.29 is 9.59 Å². The Labute approximate surface area is 137 Å². The van der Waals surface area contributed by atoms with E-state index in [1.54, 1.807) is 0 Å². The van der Waals surface area contributed by atoms with Gasteiger partial charge in [-0.15, -0.1) is 12.4 Å². The fourth-order valence-corrected chi connectivity index (χ4v) is 2.08. The van der Waals surface area contributed by atoms with Crippen LogP contribution < -0.4 is 16.0 Å². The fourth-order valence-electron chi connectivity index (χ4n) is 2.08. The van der Waals surface area contributed by atoms with Crippen LogP contribution in [0.4, 0.5) is 5.69 Å². The number of nitrogens with one attached hydrogen (secondary N) is 3. The van der Waals surface area contributed by atoms with E-state index in [0.29, 0.717) is 13.1 Å². The number of anilines is 1. The number of halogens is 1. The fraction of sp³-hybridized carbons (Fsp3) is 0.500. The van der Waals surface area contributed by atoms with Crippen molar-refractivity contribution in [2.45, 2.75) is 26.2 Å². The lowest BCUT2D eigenvalue weighted by Crippen LogP contribution is -2.35. The van der Waals surface area contributed by atoms with E-state index >= 15 is 0 Å². The van der Waals surface area contributed by atoms with Crippen LogP contribution in [0.2, 0.25) is 0 Å². The molecular formula is C16H24ClN3O2. The Balaban J connectivity index is 0.00000242. The summed E-state index contributed by atoms with van der Waals surface area (Å²) in [4.78, 5) is 22.5. The first kappa shape index (κ1) is 18.5. The summed E-state index contributed by atoms with van der Waals surface area (Å²) in [6.45, 7) is 3.47. The Morgan fingerprint density at radius 1 is 1.18 bits per heavy atom. The van der Waals surface area contributed by atoms with Crippen molar-refractivity contribution in [2.24, 2.45) is 5.92 Å². The van der Waals surface area contributed by atoms with Gasteiger partial charge in [-0.05, 0) is 49.4 Å². The zero-order chi connectivity index (χ0) is 15.1. The van der Waals surface area contributed by atoms with Crippen molar-refractivity contribution in [1.82, 2.24) is 10.6 Å². The number of rotatable bonds is 8. The SMILES string of the molecule is CC(=O)Nc1ccc(CCNC(=O)CNCC2CC2)cc1.Cl. The predicted molar refractivity (Wildman–Crippen MR) is 90.3 cm³/mol. The standard InChI is InChI=1S/C16H23N3O2.ClH/c1-12(20)19-15-6-4-13(5-7-15)8-9-18-16(21)11-17-10-14-2-3-14;/h4-7,14,17H,2-3,8-11H2,1H3,(H,18,21)(H,19,20);1H. The normalized spacial score (nSPS) is 13.1. The second-order valence-electron chi connectivity index (χ2n) is 5.55. The molecule has 2 rings (SSSR count). The number of benzene rings is 1. The summed E-state index contributed by atoms with van der Waals surface area (Å²) in [7, 11) is 0. The zero-order valence-electron chi connectivity index (χ0n) is 12.9. The van der Waals surface area contributed by atoms with Gasteiger partial charge in [0.15, 0.2) is 0 Å². The van der Waals surface area contributed by atoms with Gasteiger partial charge >= 0.3 is 0 Å². The molecule has 3 N–H and O–H groups in total. The summed E-state index contributed by atoms with van der Waals surface area (Å²) in [5.74, 6) is 0.763. The molecule has 0 aromatic heterocycles. The first-order valence-electron chi connectivity index (χ1n) is 7.47. The van der Waals surface area contributed by atoms with E-state index in [2.05, 4.69) is 16.0 Å². The summed E-state index contributed by atoms with van der Waals surface area (Å²) in [5.41, 5.74) is 1.93. The van der Waals surface area contributed by atoms with Gasteiger partial charge in [0.25, 0.3) is 0 Å². The molecule has 0 radical (unpaired) electrons. The molecular weight excluding hydrogens is 302 g/mol. The molecule has 5 nitrogen and oxygen atoms in total. The van der Waals surface area contributed by atoms with E-state index in [0.717, 1.165) is 30.1 Å². The maximum atomic E-state index is 11.6. The van der Waals surface area contributed by atoms with Crippen molar-refractivity contribution in [3.05, 3.63) is 29.8 Å². The summed E-state index contributed by atoms with van der Waals surface area (Å²) >= 11 is 0.